The zero-order valence-electron chi connectivity index (χ0n) is 19.0. The molecule has 3 N–H and O–H groups in total. The zero-order valence-corrected chi connectivity index (χ0v) is 20.5. The Bertz CT molecular complexity index is 1140. The number of nitrogens with one attached hydrogen (secondary N) is 2. The zero-order chi connectivity index (χ0) is 25.2. The van der Waals surface area contributed by atoms with Gasteiger partial charge in [-0.1, -0.05) is 41.4 Å². The van der Waals surface area contributed by atoms with Crippen LogP contribution >= 0.6 is 23.2 Å². The third-order valence-electron chi connectivity index (χ3n) is 5.02. The van der Waals surface area contributed by atoms with Crippen molar-refractivity contribution in [3.8, 4) is 11.5 Å². The number of carboxylic acid groups (broad SMARTS) is 1. The summed E-state index contributed by atoms with van der Waals surface area (Å²) in [6.45, 7) is 1.16. The highest BCUT2D eigenvalue weighted by Crippen LogP contribution is 2.24. The number of hydrogen-bond donors (Lipinski definition) is 3. The van der Waals surface area contributed by atoms with Crippen LogP contribution in [0, 0.1) is 0 Å². The van der Waals surface area contributed by atoms with E-state index in [9.17, 15) is 14.7 Å². The van der Waals surface area contributed by atoms with Crippen molar-refractivity contribution in [2.45, 2.75) is 18.9 Å². The van der Waals surface area contributed by atoms with E-state index in [0.717, 1.165) is 23.6 Å². The number of benzene rings is 2. The van der Waals surface area contributed by atoms with Gasteiger partial charge in [0.1, 0.15) is 23.4 Å². The minimum atomic E-state index is -1.17. The fraction of sp³-hybridized carbons (Fsp3) is 0.240. The van der Waals surface area contributed by atoms with Gasteiger partial charge in [0.05, 0.1) is 29.3 Å². The van der Waals surface area contributed by atoms with Crippen molar-refractivity contribution < 1.29 is 24.2 Å². The van der Waals surface area contributed by atoms with E-state index in [1.165, 1.54) is 12.1 Å². The predicted molar refractivity (Wildman–Crippen MR) is 135 cm³/mol. The molecule has 1 aromatic heterocycles. The van der Waals surface area contributed by atoms with Crippen LogP contribution in [0.2, 0.25) is 10.0 Å². The molecule has 0 radical (unpaired) electrons. The smallest absolute Gasteiger partial charge is 0.326 e. The first kappa shape index (κ1) is 26.1. The van der Waals surface area contributed by atoms with Gasteiger partial charge in [0, 0.05) is 25.2 Å². The molecule has 0 bridgehead atoms. The van der Waals surface area contributed by atoms with E-state index in [-0.39, 0.29) is 22.0 Å². The van der Waals surface area contributed by atoms with Gasteiger partial charge in [-0.05, 0) is 42.3 Å². The van der Waals surface area contributed by atoms with Gasteiger partial charge < -0.3 is 25.2 Å². The Morgan fingerprint density at radius 3 is 2.43 bits per heavy atom. The topological polar surface area (TPSA) is 110 Å². The molecule has 0 saturated heterocycles. The van der Waals surface area contributed by atoms with Gasteiger partial charge in [-0.3, -0.25) is 4.79 Å². The molecule has 0 aliphatic rings. The molecule has 1 atom stereocenters. The molecule has 2 aromatic carbocycles. The maximum Gasteiger partial charge on any atom is 0.326 e. The Morgan fingerprint density at radius 1 is 1.06 bits per heavy atom. The van der Waals surface area contributed by atoms with Crippen molar-refractivity contribution in [2.24, 2.45) is 0 Å². The number of aromatic nitrogens is 1. The molecule has 0 aliphatic carbocycles. The van der Waals surface area contributed by atoms with E-state index in [4.69, 9.17) is 32.7 Å². The van der Waals surface area contributed by atoms with Gasteiger partial charge in [-0.2, -0.15) is 0 Å². The molecule has 1 unspecified atom stereocenters. The van der Waals surface area contributed by atoms with Gasteiger partial charge in [0.15, 0.2) is 0 Å². The number of carboxylic acids is 1. The molecule has 0 spiro atoms. The molecule has 1 heterocycles. The molecule has 184 valence electrons. The van der Waals surface area contributed by atoms with Crippen molar-refractivity contribution in [2.75, 3.05) is 25.6 Å². The first-order valence-corrected chi connectivity index (χ1v) is 11.6. The van der Waals surface area contributed by atoms with Gasteiger partial charge in [-0.15, -0.1) is 0 Å². The number of methoxy groups -OCH3 is 1. The third kappa shape index (κ3) is 7.77. The van der Waals surface area contributed by atoms with Crippen molar-refractivity contribution in [3.63, 3.8) is 0 Å². The molecule has 0 aliphatic heterocycles. The lowest BCUT2D eigenvalue weighted by molar-refractivity contribution is -0.139. The number of rotatable bonds is 12. The quantitative estimate of drug-likeness (QED) is 0.298. The number of hydrogen-bond acceptors (Lipinski definition) is 6. The molecule has 0 fully saturated rings. The number of amides is 1. The van der Waals surface area contributed by atoms with Gasteiger partial charge in [0.2, 0.25) is 0 Å². The summed E-state index contributed by atoms with van der Waals surface area (Å²) in [7, 11) is 1.60. The highest BCUT2D eigenvalue weighted by atomic mass is 35.5. The van der Waals surface area contributed by atoms with Crippen LogP contribution in [0.15, 0.2) is 60.8 Å². The summed E-state index contributed by atoms with van der Waals surface area (Å²) in [5.74, 6) is 0.305. The highest BCUT2D eigenvalue weighted by Gasteiger charge is 2.23. The number of aliphatic carboxylic acids is 1. The second-order valence-corrected chi connectivity index (χ2v) is 8.33. The molecular formula is C25H25Cl2N3O5. The monoisotopic (exact) mass is 517 g/mol. The Labute approximate surface area is 213 Å². The lowest BCUT2D eigenvalue weighted by atomic mass is 10.1. The Hall–Kier alpha value is -3.49. The average Bonchev–Trinajstić information content (AvgIpc) is 2.84. The van der Waals surface area contributed by atoms with Crippen molar-refractivity contribution in [1.29, 1.82) is 0 Å². The molecule has 3 aromatic rings. The molecule has 1 amide bonds. The summed E-state index contributed by atoms with van der Waals surface area (Å²) in [6.07, 6.45) is 2.50. The minimum Gasteiger partial charge on any atom is -0.497 e. The van der Waals surface area contributed by atoms with Crippen LogP contribution in [0.3, 0.4) is 0 Å². The second kappa shape index (κ2) is 12.8. The number of halogens is 2. The summed E-state index contributed by atoms with van der Waals surface area (Å²) in [6, 6.07) is 14.1. The number of pyridine rings is 1. The van der Waals surface area contributed by atoms with Crippen LogP contribution in [0.1, 0.15) is 22.3 Å². The lowest BCUT2D eigenvalue weighted by Crippen LogP contribution is -2.42. The van der Waals surface area contributed by atoms with Crippen LogP contribution < -0.4 is 20.1 Å². The van der Waals surface area contributed by atoms with Crippen molar-refractivity contribution >= 4 is 40.9 Å². The summed E-state index contributed by atoms with van der Waals surface area (Å²) < 4.78 is 10.9. The molecule has 35 heavy (non-hydrogen) atoms. The largest absolute Gasteiger partial charge is 0.497 e. The first-order valence-electron chi connectivity index (χ1n) is 10.8. The molecule has 3 rings (SSSR count). The van der Waals surface area contributed by atoms with Gasteiger partial charge in [0.25, 0.3) is 5.91 Å². The average molecular weight is 518 g/mol. The van der Waals surface area contributed by atoms with Gasteiger partial charge in [-0.25, -0.2) is 9.78 Å². The predicted octanol–water partition coefficient (Wildman–Crippen LogP) is 4.70. The molecular weight excluding hydrogens is 493 g/mol. The van der Waals surface area contributed by atoms with Crippen LogP contribution in [0.25, 0.3) is 0 Å². The van der Waals surface area contributed by atoms with Crippen LogP contribution in [-0.2, 0) is 11.2 Å². The van der Waals surface area contributed by atoms with E-state index in [1.807, 2.05) is 6.07 Å². The number of anilines is 1. The number of nitrogens with zero attached hydrogens (tertiary/aromatic N) is 1. The molecule has 0 saturated carbocycles. The van der Waals surface area contributed by atoms with E-state index < -0.39 is 17.9 Å². The summed E-state index contributed by atoms with van der Waals surface area (Å²) in [4.78, 5) is 28.5. The van der Waals surface area contributed by atoms with E-state index in [1.54, 1.807) is 49.7 Å². The fourth-order valence-electron chi connectivity index (χ4n) is 3.22. The third-order valence-corrected chi connectivity index (χ3v) is 5.65. The van der Waals surface area contributed by atoms with Crippen molar-refractivity contribution in [3.05, 3.63) is 82.0 Å². The second-order valence-electron chi connectivity index (χ2n) is 7.52. The minimum absolute atomic E-state index is 0.0440. The highest BCUT2D eigenvalue weighted by molar-refractivity contribution is 6.39. The summed E-state index contributed by atoms with van der Waals surface area (Å²) in [5, 5.41) is 15.6. The van der Waals surface area contributed by atoms with Crippen LogP contribution in [0.5, 0.6) is 11.5 Å². The number of ether oxygens (including phenoxy) is 2. The lowest BCUT2D eigenvalue weighted by Gasteiger charge is -2.16. The molecule has 10 heteroatoms. The van der Waals surface area contributed by atoms with Crippen molar-refractivity contribution in [1.82, 2.24) is 10.3 Å². The first-order chi connectivity index (χ1) is 16.9. The molecule has 8 nitrogen and oxygen atoms in total. The van der Waals surface area contributed by atoms with Crippen LogP contribution in [-0.4, -0.2) is 48.3 Å². The normalized spacial score (nSPS) is 11.4. The van der Waals surface area contributed by atoms with E-state index in [0.29, 0.717) is 18.9 Å². The Kier molecular flexibility index (Phi) is 9.57. The maximum atomic E-state index is 12.6. The van der Waals surface area contributed by atoms with Crippen LogP contribution in [0.4, 0.5) is 5.82 Å². The summed E-state index contributed by atoms with van der Waals surface area (Å²) in [5.41, 5.74) is 0.767. The fourth-order valence-corrected chi connectivity index (χ4v) is 3.79. The maximum absolute atomic E-state index is 12.6. The Morgan fingerprint density at radius 2 is 1.77 bits per heavy atom. The summed E-state index contributed by atoms with van der Waals surface area (Å²) >= 11 is 12.1. The van der Waals surface area contributed by atoms with E-state index >= 15 is 0 Å². The van der Waals surface area contributed by atoms with E-state index in [2.05, 4.69) is 15.6 Å². The SMILES string of the molecule is COc1ccnc(NCCCOc2ccc(CC(NC(=O)c3c(Cl)cccc3Cl)C(=O)O)cc2)c1. The number of carbonyl (C=O) groups is 2. The standard InChI is InChI=1S/C25H25Cl2N3O5/c1-34-18-10-12-29-22(15-18)28-11-3-13-35-17-8-6-16(7-9-17)14-21(25(32)33)30-24(31)23-19(26)4-2-5-20(23)27/h2,4-10,12,15,21H,3,11,13-14H2,1H3,(H,28,29)(H,30,31)(H,32,33). The van der Waals surface area contributed by atoms with Gasteiger partial charge >= 0.3 is 5.97 Å². The Balaban J connectivity index is 1.48. The number of carbonyl (C=O) groups excluding carboxylic acids is 1.